The van der Waals surface area contributed by atoms with Crippen molar-refractivity contribution in [2.45, 2.75) is 63.1 Å². The SMILES string of the molecule is O=C(N[C@H](C(=O)O)[C@@]12C[C@@H]3C[C@@H](C[C@](O)(C3)C1)C2)c1sc2ccccc2c1OCc1ccc(OC(F)(F)F)cc1. The van der Waals surface area contributed by atoms with Crippen LogP contribution >= 0.6 is 11.3 Å². The topological polar surface area (TPSA) is 105 Å². The highest BCUT2D eigenvalue weighted by Crippen LogP contribution is 2.63. The zero-order valence-corrected chi connectivity index (χ0v) is 22.2. The molecule has 0 saturated heterocycles. The Balaban J connectivity index is 1.25. The van der Waals surface area contributed by atoms with Crippen molar-refractivity contribution in [1.82, 2.24) is 5.32 Å². The van der Waals surface area contributed by atoms with Crippen LogP contribution in [0.4, 0.5) is 13.2 Å². The minimum absolute atomic E-state index is 0.0318. The molecule has 7 rings (SSSR count). The Hall–Kier alpha value is -3.31. The first-order valence-electron chi connectivity index (χ1n) is 13.2. The second kappa shape index (κ2) is 9.66. The van der Waals surface area contributed by atoms with Crippen LogP contribution in [0.2, 0.25) is 0 Å². The number of carbonyl (C=O) groups is 2. The van der Waals surface area contributed by atoms with Gasteiger partial charge in [-0.25, -0.2) is 4.79 Å². The molecule has 1 amide bonds. The molecule has 3 aromatic rings. The summed E-state index contributed by atoms with van der Waals surface area (Å²) < 4.78 is 48.2. The molecule has 4 aliphatic rings. The number of hydrogen-bond donors (Lipinski definition) is 3. The molecule has 11 heteroatoms. The van der Waals surface area contributed by atoms with Gasteiger partial charge in [-0.3, -0.25) is 4.79 Å². The van der Waals surface area contributed by atoms with E-state index in [1.807, 2.05) is 12.1 Å². The number of fused-ring (bicyclic) bond motifs is 1. The van der Waals surface area contributed by atoms with Crippen molar-refractivity contribution in [3.8, 4) is 11.5 Å². The zero-order chi connectivity index (χ0) is 28.3. The first-order chi connectivity index (χ1) is 18.9. The van der Waals surface area contributed by atoms with Gasteiger partial charge in [0.2, 0.25) is 0 Å². The van der Waals surface area contributed by atoms with E-state index in [1.54, 1.807) is 12.1 Å². The maximum absolute atomic E-state index is 13.7. The lowest BCUT2D eigenvalue weighted by molar-refractivity contribution is -0.274. The zero-order valence-electron chi connectivity index (χ0n) is 21.4. The number of rotatable bonds is 8. The monoisotopic (exact) mass is 575 g/mol. The minimum atomic E-state index is -4.79. The Morgan fingerprint density at radius 2 is 1.73 bits per heavy atom. The average molecular weight is 576 g/mol. The van der Waals surface area contributed by atoms with Crippen molar-refractivity contribution in [3.05, 3.63) is 59.0 Å². The summed E-state index contributed by atoms with van der Waals surface area (Å²) in [6.45, 7) is -0.0318. The highest BCUT2D eigenvalue weighted by molar-refractivity contribution is 7.21. The highest BCUT2D eigenvalue weighted by Gasteiger charge is 2.61. The van der Waals surface area contributed by atoms with Crippen LogP contribution in [0.15, 0.2) is 48.5 Å². The highest BCUT2D eigenvalue weighted by atomic mass is 32.1. The van der Waals surface area contributed by atoms with Crippen molar-refractivity contribution < 1.29 is 42.4 Å². The molecule has 0 unspecified atom stereocenters. The van der Waals surface area contributed by atoms with Gasteiger partial charge in [-0.05, 0) is 80.2 Å². The molecule has 2 aromatic carbocycles. The van der Waals surface area contributed by atoms with E-state index in [2.05, 4.69) is 10.1 Å². The van der Waals surface area contributed by atoms with E-state index in [9.17, 15) is 33.0 Å². The number of aliphatic carboxylic acids is 1. The molecule has 7 nitrogen and oxygen atoms in total. The fourth-order valence-corrected chi connectivity index (χ4v) is 8.60. The molecule has 1 heterocycles. The Labute approximate surface area is 231 Å². The van der Waals surface area contributed by atoms with Crippen molar-refractivity contribution in [2.24, 2.45) is 17.3 Å². The number of ether oxygens (including phenoxy) is 2. The van der Waals surface area contributed by atoms with Gasteiger partial charge in [-0.2, -0.15) is 0 Å². The smallest absolute Gasteiger partial charge is 0.487 e. The summed E-state index contributed by atoms with van der Waals surface area (Å²) in [5, 5.41) is 24.9. The van der Waals surface area contributed by atoms with E-state index < -0.39 is 35.3 Å². The van der Waals surface area contributed by atoms with Gasteiger partial charge in [0.05, 0.1) is 5.60 Å². The first-order valence-corrected chi connectivity index (χ1v) is 14.0. The largest absolute Gasteiger partial charge is 0.573 e. The number of amides is 1. The third-order valence-corrected chi connectivity index (χ3v) is 9.66. The van der Waals surface area contributed by atoms with E-state index in [0.717, 1.165) is 11.1 Å². The number of alkyl halides is 3. The number of hydrogen-bond acceptors (Lipinski definition) is 6. The van der Waals surface area contributed by atoms with E-state index in [4.69, 9.17) is 4.74 Å². The predicted molar refractivity (Wildman–Crippen MR) is 140 cm³/mol. The fourth-order valence-electron chi connectivity index (χ4n) is 7.55. The molecular weight excluding hydrogens is 547 g/mol. The van der Waals surface area contributed by atoms with Gasteiger partial charge >= 0.3 is 12.3 Å². The minimum Gasteiger partial charge on any atom is -0.487 e. The molecule has 5 atom stereocenters. The molecule has 4 aliphatic carbocycles. The Morgan fingerprint density at radius 3 is 2.35 bits per heavy atom. The molecule has 0 aliphatic heterocycles. The quantitative estimate of drug-likeness (QED) is 0.309. The van der Waals surface area contributed by atoms with Gasteiger partial charge in [0.25, 0.3) is 5.91 Å². The van der Waals surface area contributed by atoms with Gasteiger partial charge in [-0.1, -0.05) is 24.3 Å². The number of carboxylic acid groups (broad SMARTS) is 1. The van der Waals surface area contributed by atoms with Crippen LogP contribution in [0.3, 0.4) is 0 Å². The van der Waals surface area contributed by atoms with Gasteiger partial charge in [0.1, 0.15) is 23.3 Å². The molecular formula is C29H28F3NO6S. The van der Waals surface area contributed by atoms with E-state index in [1.165, 1.54) is 35.6 Å². The molecule has 40 heavy (non-hydrogen) atoms. The number of aliphatic hydroxyl groups is 1. The lowest BCUT2D eigenvalue weighted by Gasteiger charge is -2.61. The molecule has 3 N–H and O–H groups in total. The summed E-state index contributed by atoms with van der Waals surface area (Å²) in [6.07, 6.45) is -0.764. The molecule has 0 spiro atoms. The summed E-state index contributed by atoms with van der Waals surface area (Å²) in [5.74, 6) is -1.26. The number of nitrogens with one attached hydrogen (secondary N) is 1. The lowest BCUT2D eigenvalue weighted by Crippen LogP contribution is -2.64. The summed E-state index contributed by atoms with van der Waals surface area (Å²) >= 11 is 1.18. The second-order valence-corrected chi connectivity index (χ2v) is 12.6. The van der Waals surface area contributed by atoms with Crippen LogP contribution < -0.4 is 14.8 Å². The average Bonchev–Trinajstić information content (AvgIpc) is 3.23. The molecule has 0 radical (unpaired) electrons. The number of carbonyl (C=O) groups excluding carboxylic acids is 1. The normalized spacial score (nSPS) is 27.9. The molecule has 4 bridgehead atoms. The van der Waals surface area contributed by atoms with Crippen LogP contribution in [0, 0.1) is 17.3 Å². The van der Waals surface area contributed by atoms with Gasteiger partial charge < -0.3 is 25.0 Å². The van der Waals surface area contributed by atoms with Gasteiger partial charge in [-0.15, -0.1) is 24.5 Å². The molecule has 4 fully saturated rings. The van der Waals surface area contributed by atoms with Crippen molar-refractivity contribution in [3.63, 3.8) is 0 Å². The third kappa shape index (κ3) is 5.12. The van der Waals surface area contributed by atoms with Crippen molar-refractivity contribution in [2.75, 3.05) is 0 Å². The summed E-state index contributed by atoms with van der Waals surface area (Å²) in [7, 11) is 0. The summed E-state index contributed by atoms with van der Waals surface area (Å²) in [6, 6.07) is 11.3. The molecule has 1 aromatic heterocycles. The van der Waals surface area contributed by atoms with Crippen molar-refractivity contribution in [1.29, 1.82) is 0 Å². The first kappa shape index (κ1) is 26.9. The van der Waals surface area contributed by atoms with Crippen molar-refractivity contribution >= 4 is 33.3 Å². The fraction of sp³-hybridized carbons (Fsp3) is 0.448. The van der Waals surface area contributed by atoms with Crippen LogP contribution in [0.5, 0.6) is 11.5 Å². The Kier molecular flexibility index (Phi) is 6.49. The summed E-state index contributed by atoms with van der Waals surface area (Å²) in [4.78, 5) is 26.5. The number of thiophene rings is 1. The number of carboxylic acids is 1. The molecule has 212 valence electrons. The standard InChI is InChI=1S/C29H28F3NO6S/c30-29(31,32)39-19-7-5-16(6-8-19)14-38-22-20-3-1-2-4-21(20)40-23(22)25(34)33-24(26(35)36)27-10-17-9-18(11-27)13-28(37,12-17)15-27/h1-8,17-18,24,37H,9-15H2,(H,33,34)(H,35,36)/t17-,18+,24-,27+,28+/m1/s1. The predicted octanol–water partition coefficient (Wildman–Crippen LogP) is 5.89. The Morgan fingerprint density at radius 1 is 1.05 bits per heavy atom. The second-order valence-electron chi connectivity index (χ2n) is 11.5. The maximum atomic E-state index is 13.7. The van der Waals surface area contributed by atoms with Gasteiger partial charge in [0, 0.05) is 15.5 Å². The number of halogens is 3. The third-order valence-electron chi connectivity index (χ3n) is 8.51. The van der Waals surface area contributed by atoms with Crippen LogP contribution in [0.1, 0.15) is 53.8 Å². The Bertz CT molecular complexity index is 1440. The summed E-state index contributed by atoms with van der Waals surface area (Å²) in [5.41, 5.74) is -1.03. The van der Waals surface area contributed by atoms with E-state index >= 15 is 0 Å². The van der Waals surface area contributed by atoms with E-state index in [0.29, 0.717) is 43.1 Å². The van der Waals surface area contributed by atoms with Crippen LogP contribution in [0.25, 0.3) is 10.1 Å². The lowest BCUT2D eigenvalue weighted by atomic mass is 9.46. The number of benzene rings is 2. The molecule has 4 saturated carbocycles. The van der Waals surface area contributed by atoms with Gasteiger partial charge in [0.15, 0.2) is 5.75 Å². The maximum Gasteiger partial charge on any atom is 0.573 e. The van der Waals surface area contributed by atoms with Crippen LogP contribution in [-0.2, 0) is 11.4 Å². The van der Waals surface area contributed by atoms with Crippen LogP contribution in [-0.4, -0.2) is 40.1 Å². The van der Waals surface area contributed by atoms with E-state index in [-0.39, 0.29) is 34.8 Å².